The highest BCUT2D eigenvalue weighted by Gasteiger charge is 2.46. The number of ether oxygens (including phenoxy) is 2. The van der Waals surface area contributed by atoms with E-state index in [4.69, 9.17) is 31.8 Å². The molecule has 2 fully saturated rings. The Morgan fingerprint density at radius 3 is 2.45 bits per heavy atom. The second-order valence-corrected chi connectivity index (χ2v) is 8.82. The molecule has 2 aliphatic rings. The van der Waals surface area contributed by atoms with E-state index >= 15 is 0 Å². The van der Waals surface area contributed by atoms with Crippen molar-refractivity contribution in [2.24, 2.45) is 5.92 Å². The van der Waals surface area contributed by atoms with Crippen molar-refractivity contribution in [3.63, 3.8) is 0 Å². The average molecular weight is 468 g/mol. The first-order valence-corrected chi connectivity index (χ1v) is 11.4. The van der Waals surface area contributed by atoms with Gasteiger partial charge in [-0.05, 0) is 30.0 Å². The number of anilines is 2. The van der Waals surface area contributed by atoms with Crippen LogP contribution in [-0.2, 0) is 4.79 Å². The van der Waals surface area contributed by atoms with Gasteiger partial charge >= 0.3 is 0 Å². The van der Waals surface area contributed by atoms with E-state index < -0.39 is 0 Å². The number of halogens is 1. The summed E-state index contributed by atoms with van der Waals surface area (Å²) in [6.45, 7) is 2.54. The van der Waals surface area contributed by atoms with E-state index in [1.165, 1.54) is 0 Å². The van der Waals surface area contributed by atoms with Crippen LogP contribution in [0, 0.1) is 5.92 Å². The summed E-state index contributed by atoms with van der Waals surface area (Å²) in [5.41, 5.74) is 8.00. The quantitative estimate of drug-likeness (QED) is 0.615. The molecule has 1 aromatic heterocycles. The number of nitrogens with two attached hydrogens (primary N) is 1. The molecule has 8 nitrogen and oxygen atoms in total. The molecule has 5 rings (SSSR count). The van der Waals surface area contributed by atoms with E-state index in [0.29, 0.717) is 60.3 Å². The molecule has 2 aromatic carbocycles. The highest BCUT2D eigenvalue weighted by Crippen LogP contribution is 2.50. The minimum absolute atomic E-state index is 0.0199. The molecule has 0 unspecified atom stereocenters. The Labute approximate surface area is 197 Å². The molecule has 172 valence electrons. The summed E-state index contributed by atoms with van der Waals surface area (Å²) < 4.78 is 10.7. The zero-order chi connectivity index (χ0) is 23.1. The maximum Gasteiger partial charge on any atom is 0.228 e. The second kappa shape index (κ2) is 8.59. The van der Waals surface area contributed by atoms with E-state index in [2.05, 4.69) is 9.88 Å². The Morgan fingerprint density at radius 1 is 1.06 bits per heavy atom. The lowest BCUT2D eigenvalue weighted by Gasteiger charge is -2.35. The molecule has 2 atom stereocenters. The van der Waals surface area contributed by atoms with Gasteiger partial charge in [0.25, 0.3) is 0 Å². The number of rotatable bonds is 5. The second-order valence-electron chi connectivity index (χ2n) is 8.42. The maximum absolute atomic E-state index is 13.0. The minimum atomic E-state index is 0.0199. The van der Waals surface area contributed by atoms with Gasteiger partial charge in [0.1, 0.15) is 5.82 Å². The smallest absolute Gasteiger partial charge is 0.228 e. The molecule has 0 spiro atoms. The molecule has 1 saturated carbocycles. The van der Waals surface area contributed by atoms with Crippen LogP contribution < -0.4 is 20.1 Å². The number of nitrogens with zero attached hydrogens (tertiary/aromatic N) is 4. The summed E-state index contributed by atoms with van der Waals surface area (Å²) in [5, 5.41) is 1.45. The van der Waals surface area contributed by atoms with Crippen LogP contribution in [0.15, 0.2) is 36.4 Å². The predicted molar refractivity (Wildman–Crippen MR) is 128 cm³/mol. The van der Waals surface area contributed by atoms with E-state index in [-0.39, 0.29) is 17.7 Å². The van der Waals surface area contributed by atoms with Crippen LogP contribution in [0.5, 0.6) is 11.5 Å². The van der Waals surface area contributed by atoms with E-state index in [1.807, 2.05) is 29.2 Å². The Hall–Kier alpha value is -3.26. The topological polar surface area (TPSA) is 93.8 Å². The van der Waals surface area contributed by atoms with Gasteiger partial charge in [-0.25, -0.2) is 4.98 Å². The summed E-state index contributed by atoms with van der Waals surface area (Å²) in [4.78, 5) is 26.3. The van der Waals surface area contributed by atoms with Crippen LogP contribution >= 0.6 is 11.6 Å². The van der Waals surface area contributed by atoms with E-state index in [1.54, 1.807) is 26.4 Å². The van der Waals surface area contributed by atoms with Crippen LogP contribution in [0.3, 0.4) is 0 Å². The molecule has 33 heavy (non-hydrogen) atoms. The Bertz CT molecular complexity index is 1210. The Balaban J connectivity index is 1.27. The molecule has 0 radical (unpaired) electrons. The molecule has 1 amide bonds. The van der Waals surface area contributed by atoms with Crippen LogP contribution in [0.1, 0.15) is 17.9 Å². The van der Waals surface area contributed by atoms with Crippen LogP contribution in [0.2, 0.25) is 5.02 Å². The normalized spacial score (nSPS) is 20.1. The molecule has 1 saturated heterocycles. The largest absolute Gasteiger partial charge is 0.493 e. The van der Waals surface area contributed by atoms with Gasteiger partial charge in [-0.3, -0.25) is 4.79 Å². The molecule has 9 heteroatoms. The van der Waals surface area contributed by atoms with Gasteiger partial charge in [-0.15, -0.1) is 0 Å². The maximum atomic E-state index is 13.0. The third-order valence-corrected chi connectivity index (χ3v) is 6.85. The number of hydrogen-bond donors (Lipinski definition) is 1. The molecule has 1 aliphatic carbocycles. The fourth-order valence-corrected chi connectivity index (χ4v) is 4.83. The molecule has 2 heterocycles. The fraction of sp³-hybridized carbons (Fsp3) is 0.375. The number of amides is 1. The van der Waals surface area contributed by atoms with Crippen LogP contribution in [0.25, 0.3) is 10.9 Å². The van der Waals surface area contributed by atoms with Gasteiger partial charge in [-0.1, -0.05) is 29.8 Å². The first kappa shape index (κ1) is 21.6. The van der Waals surface area contributed by atoms with Crippen molar-refractivity contribution >= 4 is 40.2 Å². The Kier molecular flexibility index (Phi) is 5.62. The highest BCUT2D eigenvalue weighted by molar-refractivity contribution is 6.31. The van der Waals surface area contributed by atoms with Gasteiger partial charge in [0.2, 0.25) is 11.9 Å². The van der Waals surface area contributed by atoms with Gasteiger partial charge in [0, 0.05) is 48.6 Å². The fourth-order valence-electron chi connectivity index (χ4n) is 4.56. The first-order chi connectivity index (χ1) is 16.0. The zero-order valence-electron chi connectivity index (χ0n) is 18.6. The SMILES string of the molecule is COc1cc2nc(N3CCN(C(=O)[C@@H]4C[C@H]4c4ccccc4Cl)CC3)nc(N)c2cc1OC. The van der Waals surface area contributed by atoms with Crippen molar-refractivity contribution < 1.29 is 14.3 Å². The molecule has 0 bridgehead atoms. The number of carbonyl (C=O) groups excluding carboxylic acids is 1. The predicted octanol–water partition coefficient (Wildman–Crippen LogP) is 3.33. The number of aromatic nitrogens is 2. The number of hydrogen-bond acceptors (Lipinski definition) is 7. The summed E-state index contributed by atoms with van der Waals surface area (Å²) in [6.07, 6.45) is 0.860. The van der Waals surface area contributed by atoms with Gasteiger partial charge in [-0.2, -0.15) is 4.98 Å². The summed E-state index contributed by atoms with van der Waals surface area (Å²) in [6, 6.07) is 11.4. The highest BCUT2D eigenvalue weighted by atomic mass is 35.5. The number of piperazine rings is 1. The lowest BCUT2D eigenvalue weighted by molar-refractivity contribution is -0.133. The van der Waals surface area contributed by atoms with Gasteiger partial charge in [0.05, 0.1) is 19.7 Å². The number of methoxy groups -OCH3 is 2. The summed E-state index contributed by atoms with van der Waals surface area (Å²) >= 11 is 6.32. The molecular formula is C24H26ClN5O3. The number of carbonyl (C=O) groups is 1. The van der Waals surface area contributed by atoms with Gasteiger partial charge < -0.3 is 25.0 Å². The third kappa shape index (κ3) is 3.99. The monoisotopic (exact) mass is 467 g/mol. The standard InChI is InChI=1S/C24H26ClN5O3/c1-32-20-12-17-19(13-21(20)33-2)27-24(28-22(17)26)30-9-7-29(8-10-30)23(31)16-11-15(16)14-5-3-4-6-18(14)25/h3-6,12-13,15-16H,7-11H2,1-2H3,(H2,26,27,28)/t15-,16+/m0/s1. The molecule has 2 N–H and O–H groups in total. The first-order valence-electron chi connectivity index (χ1n) is 11.0. The third-order valence-electron chi connectivity index (χ3n) is 6.51. The average Bonchev–Trinajstić information content (AvgIpc) is 3.64. The van der Waals surface area contributed by atoms with Crippen molar-refractivity contribution in [3.05, 3.63) is 47.0 Å². The minimum Gasteiger partial charge on any atom is -0.493 e. The van der Waals surface area contributed by atoms with Crippen LogP contribution in [0.4, 0.5) is 11.8 Å². The lowest BCUT2D eigenvalue weighted by atomic mass is 10.1. The van der Waals surface area contributed by atoms with Crippen molar-refractivity contribution in [1.82, 2.24) is 14.9 Å². The van der Waals surface area contributed by atoms with Crippen molar-refractivity contribution in [3.8, 4) is 11.5 Å². The van der Waals surface area contributed by atoms with Crippen molar-refractivity contribution in [2.75, 3.05) is 51.0 Å². The molecule has 1 aliphatic heterocycles. The van der Waals surface area contributed by atoms with E-state index in [0.717, 1.165) is 17.0 Å². The number of nitrogen functional groups attached to an aromatic ring is 1. The van der Waals surface area contributed by atoms with Crippen molar-refractivity contribution in [2.45, 2.75) is 12.3 Å². The van der Waals surface area contributed by atoms with Gasteiger partial charge in [0.15, 0.2) is 11.5 Å². The zero-order valence-corrected chi connectivity index (χ0v) is 19.4. The lowest BCUT2D eigenvalue weighted by Crippen LogP contribution is -2.49. The van der Waals surface area contributed by atoms with Crippen LogP contribution in [-0.4, -0.2) is 61.2 Å². The summed E-state index contributed by atoms with van der Waals surface area (Å²) in [7, 11) is 3.16. The van der Waals surface area contributed by atoms with E-state index in [9.17, 15) is 4.79 Å². The van der Waals surface area contributed by atoms with Crippen molar-refractivity contribution in [1.29, 1.82) is 0 Å². The molecular weight excluding hydrogens is 442 g/mol. The molecule has 3 aromatic rings. The number of fused-ring (bicyclic) bond motifs is 1. The summed E-state index contributed by atoms with van der Waals surface area (Å²) in [5.74, 6) is 2.55. The Morgan fingerprint density at radius 2 is 1.76 bits per heavy atom. The number of benzene rings is 2.